The lowest BCUT2D eigenvalue weighted by atomic mass is 10.0. The van der Waals surface area contributed by atoms with Crippen LogP contribution in [0, 0.1) is 6.92 Å². The number of aryl methyl sites for hydroxylation is 1. The molecule has 0 unspecified atom stereocenters. The number of rotatable bonds is 6. The molecule has 0 bridgehead atoms. The largest absolute Gasteiger partial charge is 0.371 e. The molecule has 4 heteroatoms. The van der Waals surface area contributed by atoms with Crippen LogP contribution in [0.5, 0.6) is 0 Å². The van der Waals surface area contributed by atoms with Crippen LogP contribution in [0.2, 0.25) is 0 Å². The molecule has 1 fully saturated rings. The maximum absolute atomic E-state index is 4.48. The summed E-state index contributed by atoms with van der Waals surface area (Å²) in [5.74, 6) is 0. The Kier molecular flexibility index (Phi) is 6.00. The molecular weight excluding hydrogens is 260 g/mol. The molecule has 1 aromatic heterocycles. The van der Waals surface area contributed by atoms with Crippen molar-refractivity contribution < 1.29 is 0 Å². The zero-order chi connectivity index (χ0) is 15.2. The summed E-state index contributed by atoms with van der Waals surface area (Å²) in [5, 5.41) is 3.50. The summed E-state index contributed by atoms with van der Waals surface area (Å²) < 4.78 is 0. The highest BCUT2D eigenvalue weighted by Gasteiger charge is 2.22. The van der Waals surface area contributed by atoms with Crippen molar-refractivity contribution in [3.8, 4) is 0 Å². The third kappa shape index (κ3) is 4.42. The van der Waals surface area contributed by atoms with E-state index in [1.165, 1.54) is 43.6 Å². The van der Waals surface area contributed by atoms with E-state index in [1.807, 2.05) is 6.20 Å². The predicted octanol–water partition coefficient (Wildman–Crippen LogP) is 2.42. The van der Waals surface area contributed by atoms with Crippen LogP contribution in [-0.4, -0.2) is 49.7 Å². The average Bonchev–Trinajstić information content (AvgIpc) is 2.49. The van der Waals surface area contributed by atoms with E-state index in [2.05, 4.69) is 54.1 Å². The molecule has 2 heterocycles. The van der Waals surface area contributed by atoms with Crippen LogP contribution in [0.3, 0.4) is 0 Å². The molecule has 0 spiro atoms. The van der Waals surface area contributed by atoms with Gasteiger partial charge in [-0.1, -0.05) is 6.92 Å². The SMILES string of the molecule is CCCNCc1cnc(C)cc1N(C)C1CCN(C)CC1. The van der Waals surface area contributed by atoms with Crippen molar-refractivity contribution >= 4 is 5.69 Å². The van der Waals surface area contributed by atoms with Crippen molar-refractivity contribution in [3.63, 3.8) is 0 Å². The van der Waals surface area contributed by atoms with Gasteiger partial charge in [-0.2, -0.15) is 0 Å². The lowest BCUT2D eigenvalue weighted by Crippen LogP contribution is -2.42. The van der Waals surface area contributed by atoms with E-state index in [0.717, 1.165) is 18.8 Å². The quantitative estimate of drug-likeness (QED) is 0.815. The van der Waals surface area contributed by atoms with Gasteiger partial charge in [-0.25, -0.2) is 0 Å². The molecular formula is C17H30N4. The number of hydrogen-bond acceptors (Lipinski definition) is 4. The highest BCUT2D eigenvalue weighted by Crippen LogP contribution is 2.25. The topological polar surface area (TPSA) is 31.4 Å². The Morgan fingerprint density at radius 2 is 2.10 bits per heavy atom. The number of aromatic nitrogens is 1. The average molecular weight is 290 g/mol. The van der Waals surface area contributed by atoms with Gasteiger partial charge in [-0.15, -0.1) is 0 Å². The molecule has 1 aromatic rings. The molecule has 118 valence electrons. The van der Waals surface area contributed by atoms with E-state index in [-0.39, 0.29) is 0 Å². The number of likely N-dealkylation sites (tertiary alicyclic amines) is 1. The second-order valence-corrected chi connectivity index (χ2v) is 6.28. The normalized spacial score (nSPS) is 17.1. The smallest absolute Gasteiger partial charge is 0.0445 e. The van der Waals surface area contributed by atoms with Crippen molar-refractivity contribution in [2.75, 3.05) is 38.6 Å². The number of nitrogens with zero attached hydrogens (tertiary/aromatic N) is 3. The second-order valence-electron chi connectivity index (χ2n) is 6.28. The van der Waals surface area contributed by atoms with Crippen LogP contribution >= 0.6 is 0 Å². The third-order valence-corrected chi connectivity index (χ3v) is 4.46. The van der Waals surface area contributed by atoms with E-state index in [0.29, 0.717) is 6.04 Å². The first-order valence-corrected chi connectivity index (χ1v) is 8.19. The zero-order valence-electron chi connectivity index (χ0n) is 14.0. The highest BCUT2D eigenvalue weighted by atomic mass is 15.2. The Labute approximate surface area is 129 Å². The van der Waals surface area contributed by atoms with Gasteiger partial charge in [0.05, 0.1) is 0 Å². The molecule has 4 nitrogen and oxygen atoms in total. The van der Waals surface area contributed by atoms with Crippen molar-refractivity contribution in [3.05, 3.63) is 23.5 Å². The molecule has 0 aliphatic carbocycles. The fraction of sp³-hybridized carbons (Fsp3) is 0.706. The predicted molar refractivity (Wildman–Crippen MR) is 89.9 cm³/mol. The Hall–Kier alpha value is -1.13. The zero-order valence-corrected chi connectivity index (χ0v) is 14.0. The molecule has 2 rings (SSSR count). The number of hydrogen-bond donors (Lipinski definition) is 1. The summed E-state index contributed by atoms with van der Waals surface area (Å²) in [7, 11) is 4.46. The fourth-order valence-corrected chi connectivity index (χ4v) is 3.02. The summed E-state index contributed by atoms with van der Waals surface area (Å²) in [4.78, 5) is 9.38. The van der Waals surface area contributed by atoms with Crippen LogP contribution in [-0.2, 0) is 6.54 Å². The van der Waals surface area contributed by atoms with Crippen LogP contribution in [0.4, 0.5) is 5.69 Å². The van der Waals surface area contributed by atoms with Gasteiger partial charge in [0.25, 0.3) is 0 Å². The standard InChI is InChI=1S/C17H30N4/c1-5-8-18-12-15-13-19-14(2)11-17(15)21(4)16-6-9-20(3)10-7-16/h11,13,16,18H,5-10,12H2,1-4H3. The first-order valence-electron chi connectivity index (χ1n) is 8.19. The van der Waals surface area contributed by atoms with E-state index >= 15 is 0 Å². The first kappa shape index (κ1) is 16.2. The molecule has 0 saturated carbocycles. The van der Waals surface area contributed by atoms with Gasteiger partial charge in [0.2, 0.25) is 0 Å². The van der Waals surface area contributed by atoms with Gasteiger partial charge in [-0.05, 0) is 58.9 Å². The van der Waals surface area contributed by atoms with Crippen LogP contribution in [0.15, 0.2) is 12.3 Å². The number of piperidine rings is 1. The van der Waals surface area contributed by atoms with Crippen molar-refractivity contribution in [2.45, 2.75) is 45.7 Å². The lowest BCUT2D eigenvalue weighted by Gasteiger charge is -2.37. The number of pyridine rings is 1. The first-order chi connectivity index (χ1) is 10.1. The Morgan fingerprint density at radius 1 is 1.38 bits per heavy atom. The molecule has 0 amide bonds. The van der Waals surface area contributed by atoms with Crippen molar-refractivity contribution in [1.29, 1.82) is 0 Å². The lowest BCUT2D eigenvalue weighted by molar-refractivity contribution is 0.252. The Balaban J connectivity index is 2.10. The molecule has 0 atom stereocenters. The summed E-state index contributed by atoms with van der Waals surface area (Å²) in [5.41, 5.74) is 3.76. The molecule has 1 aliphatic rings. The monoisotopic (exact) mass is 290 g/mol. The summed E-state index contributed by atoms with van der Waals surface area (Å²) in [6.45, 7) is 8.64. The van der Waals surface area contributed by atoms with Crippen LogP contribution < -0.4 is 10.2 Å². The van der Waals surface area contributed by atoms with E-state index in [9.17, 15) is 0 Å². The summed E-state index contributed by atoms with van der Waals surface area (Å²) in [6.07, 6.45) is 5.70. The minimum atomic E-state index is 0.646. The van der Waals surface area contributed by atoms with Gasteiger partial charge in [-0.3, -0.25) is 4.98 Å². The van der Waals surface area contributed by atoms with Crippen LogP contribution in [0.25, 0.3) is 0 Å². The van der Waals surface area contributed by atoms with E-state index in [4.69, 9.17) is 0 Å². The molecule has 1 N–H and O–H groups in total. The van der Waals surface area contributed by atoms with Gasteiger partial charge in [0.1, 0.15) is 0 Å². The Morgan fingerprint density at radius 3 is 2.76 bits per heavy atom. The summed E-state index contributed by atoms with van der Waals surface area (Å²) >= 11 is 0. The van der Waals surface area contributed by atoms with Crippen LogP contribution in [0.1, 0.15) is 37.4 Å². The van der Waals surface area contributed by atoms with Gasteiger partial charge >= 0.3 is 0 Å². The van der Waals surface area contributed by atoms with Gasteiger partial charge in [0.15, 0.2) is 0 Å². The molecule has 0 aromatic carbocycles. The fourth-order valence-electron chi connectivity index (χ4n) is 3.02. The molecule has 1 aliphatic heterocycles. The second kappa shape index (κ2) is 7.76. The summed E-state index contributed by atoms with van der Waals surface area (Å²) in [6, 6.07) is 2.88. The van der Waals surface area contributed by atoms with Crippen molar-refractivity contribution in [1.82, 2.24) is 15.2 Å². The minimum absolute atomic E-state index is 0.646. The number of nitrogens with one attached hydrogen (secondary N) is 1. The van der Waals surface area contributed by atoms with E-state index < -0.39 is 0 Å². The maximum atomic E-state index is 4.48. The van der Waals surface area contributed by atoms with Crippen molar-refractivity contribution in [2.24, 2.45) is 0 Å². The maximum Gasteiger partial charge on any atom is 0.0445 e. The number of anilines is 1. The molecule has 0 radical (unpaired) electrons. The van der Waals surface area contributed by atoms with E-state index in [1.54, 1.807) is 0 Å². The third-order valence-electron chi connectivity index (χ3n) is 4.46. The Bertz CT molecular complexity index is 438. The minimum Gasteiger partial charge on any atom is -0.371 e. The molecule has 21 heavy (non-hydrogen) atoms. The molecule has 1 saturated heterocycles. The van der Waals surface area contributed by atoms with Gasteiger partial charge in [0, 0.05) is 42.8 Å². The highest BCUT2D eigenvalue weighted by molar-refractivity contribution is 5.54. The van der Waals surface area contributed by atoms with Gasteiger partial charge < -0.3 is 15.1 Å².